The summed E-state index contributed by atoms with van der Waals surface area (Å²) in [6, 6.07) is 9.29. The first kappa shape index (κ1) is 17.0. The van der Waals surface area contributed by atoms with Crippen molar-refractivity contribution in [3.63, 3.8) is 0 Å². The van der Waals surface area contributed by atoms with Crippen LogP contribution in [0.2, 0.25) is 0 Å². The molecule has 0 atom stereocenters. The summed E-state index contributed by atoms with van der Waals surface area (Å²) in [5.74, 6) is -0.708. The van der Waals surface area contributed by atoms with Crippen LogP contribution in [0.25, 0.3) is 0 Å². The molecule has 0 bridgehead atoms. The summed E-state index contributed by atoms with van der Waals surface area (Å²) < 4.78 is 5.12. The van der Waals surface area contributed by atoms with E-state index in [0.717, 1.165) is 11.1 Å². The maximum atomic E-state index is 11.9. The van der Waals surface area contributed by atoms with E-state index in [1.165, 1.54) is 11.3 Å². The van der Waals surface area contributed by atoms with Gasteiger partial charge in [-0.3, -0.25) is 5.32 Å². The zero-order valence-corrected chi connectivity index (χ0v) is 13.9. The Kier molecular flexibility index (Phi) is 5.76. The smallest absolute Gasteiger partial charge is 0.412 e. The van der Waals surface area contributed by atoms with Gasteiger partial charge in [-0.1, -0.05) is 44.2 Å². The Morgan fingerprint density at radius 1 is 1.26 bits per heavy atom. The van der Waals surface area contributed by atoms with Gasteiger partial charge in [0.2, 0.25) is 0 Å². The number of amides is 1. The van der Waals surface area contributed by atoms with E-state index in [1.807, 2.05) is 44.2 Å². The first-order valence-corrected chi connectivity index (χ1v) is 8.16. The Bertz CT molecular complexity index is 679. The van der Waals surface area contributed by atoms with Gasteiger partial charge in [-0.15, -0.1) is 11.3 Å². The van der Waals surface area contributed by atoms with Gasteiger partial charge >= 0.3 is 12.1 Å². The first-order chi connectivity index (χ1) is 11.0. The van der Waals surface area contributed by atoms with E-state index in [9.17, 15) is 14.7 Å². The Morgan fingerprint density at radius 2 is 1.96 bits per heavy atom. The van der Waals surface area contributed by atoms with Crippen LogP contribution in [0.3, 0.4) is 0 Å². The molecule has 0 saturated heterocycles. The topological polar surface area (TPSA) is 75.6 Å². The van der Waals surface area contributed by atoms with E-state index >= 15 is 0 Å². The molecular formula is C17H19NO4S. The molecule has 0 spiro atoms. The lowest BCUT2D eigenvalue weighted by molar-refractivity contribution is 0.0697. The molecule has 1 heterocycles. The molecule has 0 unspecified atom stereocenters. The van der Waals surface area contributed by atoms with Gasteiger partial charge in [0.1, 0.15) is 11.6 Å². The Morgan fingerprint density at radius 3 is 2.57 bits per heavy atom. The van der Waals surface area contributed by atoms with Crippen molar-refractivity contribution in [2.45, 2.75) is 26.9 Å². The lowest BCUT2D eigenvalue weighted by Gasteiger charge is -2.08. The maximum absolute atomic E-state index is 11.9. The zero-order chi connectivity index (χ0) is 16.8. The number of rotatable bonds is 6. The molecule has 5 nitrogen and oxygen atoms in total. The Labute approximate surface area is 138 Å². The second-order valence-electron chi connectivity index (χ2n) is 5.55. The molecule has 1 aromatic heterocycles. The molecule has 1 amide bonds. The number of benzene rings is 1. The van der Waals surface area contributed by atoms with Crippen LogP contribution >= 0.6 is 11.3 Å². The number of nitrogens with one attached hydrogen (secondary N) is 1. The van der Waals surface area contributed by atoms with Crippen LogP contribution < -0.4 is 5.32 Å². The number of hydrogen-bond acceptors (Lipinski definition) is 4. The maximum Gasteiger partial charge on any atom is 0.412 e. The predicted octanol–water partition coefficient (Wildman–Crippen LogP) is 4.39. The number of carboxylic acids is 1. The van der Waals surface area contributed by atoms with Gasteiger partial charge in [0.15, 0.2) is 0 Å². The fourth-order valence-corrected chi connectivity index (χ4v) is 3.11. The average Bonchev–Trinajstić information content (AvgIpc) is 2.88. The average molecular weight is 333 g/mol. The summed E-state index contributed by atoms with van der Waals surface area (Å²) in [5, 5.41) is 14.0. The second-order valence-corrected chi connectivity index (χ2v) is 6.43. The van der Waals surface area contributed by atoms with Crippen molar-refractivity contribution in [2.24, 2.45) is 5.92 Å². The molecular weight excluding hydrogens is 314 g/mol. The summed E-state index contributed by atoms with van der Waals surface area (Å²) in [7, 11) is 0. The third-order valence-electron chi connectivity index (χ3n) is 3.14. The highest BCUT2D eigenvalue weighted by atomic mass is 32.1. The van der Waals surface area contributed by atoms with Crippen molar-refractivity contribution < 1.29 is 19.4 Å². The summed E-state index contributed by atoms with van der Waals surface area (Å²) in [4.78, 5) is 23.3. The van der Waals surface area contributed by atoms with Crippen LogP contribution in [0.1, 0.15) is 35.3 Å². The Balaban J connectivity index is 2.03. The molecule has 0 radical (unpaired) electrons. The highest BCUT2D eigenvalue weighted by molar-refractivity contribution is 7.15. The lowest BCUT2D eigenvalue weighted by Crippen LogP contribution is -2.15. The third kappa shape index (κ3) is 4.82. The van der Waals surface area contributed by atoms with Gasteiger partial charge < -0.3 is 9.84 Å². The molecule has 0 saturated carbocycles. The fourth-order valence-electron chi connectivity index (χ4n) is 2.16. The normalized spacial score (nSPS) is 10.6. The van der Waals surface area contributed by atoms with Crippen molar-refractivity contribution in [3.05, 3.63) is 52.4 Å². The van der Waals surface area contributed by atoms with Crippen LogP contribution in [0, 0.1) is 5.92 Å². The minimum Gasteiger partial charge on any atom is -0.478 e. The summed E-state index contributed by atoms with van der Waals surface area (Å²) in [5.41, 5.74) is 1.75. The molecule has 2 aromatic rings. The van der Waals surface area contributed by atoms with Crippen LogP contribution in [0.5, 0.6) is 0 Å². The van der Waals surface area contributed by atoms with Gasteiger partial charge in [0.25, 0.3) is 0 Å². The SMILES string of the molecule is CC(C)Cc1csc(NC(=O)OCc2ccccc2)c1C(=O)O. The first-order valence-electron chi connectivity index (χ1n) is 7.28. The molecule has 1 aromatic carbocycles. The number of ether oxygens (including phenoxy) is 1. The van der Waals surface area contributed by atoms with Crippen LogP contribution in [-0.2, 0) is 17.8 Å². The lowest BCUT2D eigenvalue weighted by atomic mass is 10.0. The number of anilines is 1. The second kappa shape index (κ2) is 7.78. The summed E-state index contributed by atoms with van der Waals surface area (Å²) in [6.45, 7) is 4.17. The highest BCUT2D eigenvalue weighted by Gasteiger charge is 2.20. The molecule has 23 heavy (non-hydrogen) atoms. The van der Waals surface area contributed by atoms with Crippen molar-refractivity contribution >= 4 is 28.4 Å². The molecule has 0 aliphatic carbocycles. The predicted molar refractivity (Wildman–Crippen MR) is 90.1 cm³/mol. The zero-order valence-electron chi connectivity index (χ0n) is 13.0. The number of carbonyl (C=O) groups is 2. The van der Waals surface area contributed by atoms with E-state index in [1.54, 1.807) is 5.38 Å². The monoisotopic (exact) mass is 333 g/mol. The largest absolute Gasteiger partial charge is 0.478 e. The van der Waals surface area contributed by atoms with Gasteiger partial charge in [-0.2, -0.15) is 0 Å². The minimum absolute atomic E-state index is 0.138. The van der Waals surface area contributed by atoms with E-state index in [-0.39, 0.29) is 12.2 Å². The van der Waals surface area contributed by atoms with Crippen molar-refractivity contribution in [1.82, 2.24) is 0 Å². The van der Waals surface area contributed by atoms with Gasteiger partial charge in [0, 0.05) is 0 Å². The van der Waals surface area contributed by atoms with Gasteiger partial charge in [-0.05, 0) is 28.8 Å². The molecule has 6 heteroatoms. The molecule has 0 aliphatic heterocycles. The highest BCUT2D eigenvalue weighted by Crippen LogP contribution is 2.30. The van der Waals surface area contributed by atoms with Crippen molar-refractivity contribution in [1.29, 1.82) is 0 Å². The van der Waals surface area contributed by atoms with E-state index in [4.69, 9.17) is 4.74 Å². The Hall–Kier alpha value is -2.34. The molecule has 122 valence electrons. The van der Waals surface area contributed by atoms with E-state index in [0.29, 0.717) is 17.3 Å². The van der Waals surface area contributed by atoms with Crippen molar-refractivity contribution in [2.75, 3.05) is 5.32 Å². The molecule has 0 aliphatic rings. The fraction of sp³-hybridized carbons (Fsp3) is 0.294. The minimum atomic E-state index is -1.04. The van der Waals surface area contributed by atoms with Crippen molar-refractivity contribution in [3.8, 4) is 0 Å². The number of carboxylic acid groups (broad SMARTS) is 1. The van der Waals surface area contributed by atoms with Crippen LogP contribution in [0.4, 0.5) is 9.80 Å². The summed E-state index contributed by atoms with van der Waals surface area (Å²) >= 11 is 1.20. The molecule has 2 rings (SSSR count). The van der Waals surface area contributed by atoms with Gasteiger partial charge in [-0.25, -0.2) is 9.59 Å². The summed E-state index contributed by atoms with van der Waals surface area (Å²) in [6.07, 6.45) is -0.00639. The number of hydrogen-bond donors (Lipinski definition) is 2. The third-order valence-corrected chi connectivity index (χ3v) is 4.08. The van der Waals surface area contributed by atoms with E-state index in [2.05, 4.69) is 5.32 Å². The van der Waals surface area contributed by atoms with Crippen LogP contribution in [-0.4, -0.2) is 17.2 Å². The van der Waals surface area contributed by atoms with Crippen LogP contribution in [0.15, 0.2) is 35.7 Å². The van der Waals surface area contributed by atoms with Gasteiger partial charge in [0.05, 0.1) is 5.56 Å². The number of carbonyl (C=O) groups excluding carboxylic acids is 1. The number of thiophene rings is 1. The quantitative estimate of drug-likeness (QED) is 0.822. The number of aromatic carboxylic acids is 1. The molecule has 2 N–H and O–H groups in total. The molecule has 0 fully saturated rings. The van der Waals surface area contributed by atoms with E-state index < -0.39 is 12.1 Å². The standard InChI is InChI=1S/C17H19NO4S/c1-11(2)8-13-10-23-15(14(13)16(19)20)18-17(21)22-9-12-6-4-3-5-7-12/h3-7,10-11H,8-9H2,1-2H3,(H,18,21)(H,19,20).